The van der Waals surface area contributed by atoms with Crippen molar-refractivity contribution in [2.24, 2.45) is 17.3 Å². The number of carbonyl (C=O) groups excluding carboxylic acids is 3. The molecule has 4 atom stereocenters. The number of nitrogens with zero attached hydrogens (tertiary/aromatic N) is 4. The molecule has 1 unspecified atom stereocenters. The predicted molar refractivity (Wildman–Crippen MR) is 125 cm³/mol. The molecule has 7 heteroatoms. The van der Waals surface area contributed by atoms with Gasteiger partial charge in [0, 0.05) is 31.0 Å². The van der Waals surface area contributed by atoms with E-state index in [-0.39, 0.29) is 36.1 Å². The van der Waals surface area contributed by atoms with Gasteiger partial charge in [-0.25, -0.2) is 0 Å². The number of amides is 1. The van der Waals surface area contributed by atoms with Crippen molar-refractivity contribution in [3.63, 3.8) is 0 Å². The van der Waals surface area contributed by atoms with Crippen molar-refractivity contribution in [3.05, 3.63) is 24.2 Å². The average molecular weight is 451 g/mol. The number of Topliss-reactive ketones (excluding diaryl/α,β-unsaturated/α-hetero) is 2. The lowest BCUT2D eigenvalue weighted by molar-refractivity contribution is -0.139. The summed E-state index contributed by atoms with van der Waals surface area (Å²) in [5.41, 5.74) is 1.41. The van der Waals surface area contributed by atoms with Crippen LogP contribution < -0.4 is 0 Å². The number of hydrogen-bond donors (Lipinski definition) is 0. The third-order valence-electron chi connectivity index (χ3n) is 8.04. The fourth-order valence-electron chi connectivity index (χ4n) is 6.33. The number of hydrogen-bond acceptors (Lipinski definition) is 5. The van der Waals surface area contributed by atoms with E-state index in [4.69, 9.17) is 0 Å². The molecule has 2 aliphatic carbocycles. The Labute approximate surface area is 194 Å². The summed E-state index contributed by atoms with van der Waals surface area (Å²) >= 11 is 0. The van der Waals surface area contributed by atoms with Gasteiger partial charge < -0.3 is 4.90 Å². The largest absolute Gasteiger partial charge is 0.328 e. The standard InChI is InChI=1S/C26H34N4O3/c1-16(31)25-19-8-10-27-14-22(19)29(28-25)15-24(33)30-20-11-18(20)12-21(30)23(32)7-6-17-5-4-9-26(2,3)13-17/h8,10,14,17-18,20-21H,4-7,9,11-13,15H2,1-3H3/t17?,18-,20-,21+/m1/s1. The van der Waals surface area contributed by atoms with Crippen LogP contribution in [-0.2, 0) is 16.1 Å². The molecule has 0 aromatic carbocycles. The van der Waals surface area contributed by atoms with Gasteiger partial charge in [0.2, 0.25) is 5.91 Å². The summed E-state index contributed by atoms with van der Waals surface area (Å²) < 4.78 is 1.57. The van der Waals surface area contributed by atoms with Crippen molar-refractivity contribution in [1.29, 1.82) is 0 Å². The van der Waals surface area contributed by atoms with Gasteiger partial charge >= 0.3 is 0 Å². The molecule has 33 heavy (non-hydrogen) atoms. The van der Waals surface area contributed by atoms with Crippen molar-refractivity contribution in [2.45, 2.75) is 90.8 Å². The average Bonchev–Trinajstić information content (AvgIpc) is 3.27. The smallest absolute Gasteiger partial charge is 0.245 e. The van der Waals surface area contributed by atoms with Crippen molar-refractivity contribution in [3.8, 4) is 0 Å². The van der Waals surface area contributed by atoms with Crippen molar-refractivity contribution in [2.75, 3.05) is 0 Å². The maximum Gasteiger partial charge on any atom is 0.245 e. The third kappa shape index (κ3) is 4.34. The van der Waals surface area contributed by atoms with Crippen LogP contribution in [0.5, 0.6) is 0 Å². The Bertz CT molecular complexity index is 1100. The zero-order valence-corrected chi connectivity index (χ0v) is 19.9. The van der Waals surface area contributed by atoms with Gasteiger partial charge in [-0.3, -0.25) is 24.0 Å². The monoisotopic (exact) mass is 450 g/mol. The highest BCUT2D eigenvalue weighted by Crippen LogP contribution is 2.49. The first-order valence-electron chi connectivity index (χ1n) is 12.4. The first-order chi connectivity index (χ1) is 15.7. The number of carbonyl (C=O) groups is 3. The molecular weight excluding hydrogens is 416 g/mol. The van der Waals surface area contributed by atoms with Crippen LogP contribution in [0.15, 0.2) is 18.5 Å². The maximum atomic E-state index is 13.4. The minimum atomic E-state index is -0.301. The van der Waals surface area contributed by atoms with E-state index in [0.29, 0.717) is 40.3 Å². The van der Waals surface area contributed by atoms with Crippen LogP contribution >= 0.6 is 0 Å². The lowest BCUT2D eigenvalue weighted by atomic mass is 9.71. The minimum Gasteiger partial charge on any atom is -0.328 e. The van der Waals surface area contributed by atoms with Gasteiger partial charge in [0.25, 0.3) is 0 Å². The molecule has 3 aliphatic rings. The predicted octanol–water partition coefficient (Wildman–Crippen LogP) is 4.19. The topological polar surface area (TPSA) is 85.2 Å². The SMILES string of the molecule is CC(=O)c1nn(CC(=O)N2[C@@H]3C[C@@H]3C[C@H]2C(=O)CCC2CCCC(C)(C)C2)c2cnccc12. The molecule has 0 spiro atoms. The highest BCUT2D eigenvalue weighted by Gasteiger charge is 2.55. The normalized spacial score (nSPS) is 28.0. The number of pyridine rings is 1. The Morgan fingerprint density at radius 3 is 2.79 bits per heavy atom. The number of likely N-dealkylation sites (tertiary alicyclic amines) is 1. The summed E-state index contributed by atoms with van der Waals surface area (Å²) in [7, 11) is 0. The Morgan fingerprint density at radius 1 is 1.21 bits per heavy atom. The quantitative estimate of drug-likeness (QED) is 0.591. The molecular formula is C26H34N4O3. The Balaban J connectivity index is 1.28. The van der Waals surface area contributed by atoms with Gasteiger partial charge in [0.1, 0.15) is 12.2 Å². The third-order valence-corrected chi connectivity index (χ3v) is 8.04. The second-order valence-corrected chi connectivity index (χ2v) is 11.2. The number of fused-ring (bicyclic) bond motifs is 2. The molecule has 0 N–H and O–H groups in total. The van der Waals surface area contributed by atoms with Gasteiger partial charge in [0.05, 0.1) is 17.8 Å². The molecule has 2 aromatic rings. The van der Waals surface area contributed by atoms with Gasteiger partial charge in [-0.1, -0.05) is 26.7 Å². The van der Waals surface area contributed by atoms with E-state index in [1.807, 2.05) is 4.90 Å². The van der Waals surface area contributed by atoms with Crippen molar-refractivity contribution >= 4 is 28.4 Å². The molecule has 176 valence electrons. The summed E-state index contributed by atoms with van der Waals surface area (Å²) in [5.74, 6) is 1.07. The van der Waals surface area contributed by atoms with E-state index < -0.39 is 0 Å². The number of ketones is 2. The second kappa shape index (κ2) is 8.33. The van der Waals surface area contributed by atoms with Gasteiger partial charge in [-0.15, -0.1) is 0 Å². The van der Waals surface area contributed by atoms with E-state index in [1.165, 1.54) is 32.6 Å². The molecule has 1 saturated heterocycles. The van der Waals surface area contributed by atoms with Crippen LogP contribution in [0, 0.1) is 17.3 Å². The van der Waals surface area contributed by atoms with E-state index >= 15 is 0 Å². The van der Waals surface area contributed by atoms with E-state index in [9.17, 15) is 14.4 Å². The highest BCUT2D eigenvalue weighted by atomic mass is 16.2. The van der Waals surface area contributed by atoms with Gasteiger partial charge in [-0.05, 0) is 55.4 Å². The zero-order valence-electron chi connectivity index (χ0n) is 19.9. The molecule has 1 amide bonds. The summed E-state index contributed by atoms with van der Waals surface area (Å²) in [6.45, 7) is 6.17. The van der Waals surface area contributed by atoms with Crippen LogP contribution in [0.1, 0.15) is 82.6 Å². The summed E-state index contributed by atoms with van der Waals surface area (Å²) in [6, 6.07) is 1.64. The molecule has 7 nitrogen and oxygen atoms in total. The van der Waals surface area contributed by atoms with Crippen LogP contribution in [0.3, 0.4) is 0 Å². The van der Waals surface area contributed by atoms with Gasteiger partial charge in [-0.2, -0.15) is 5.10 Å². The number of piperidine rings is 1. The van der Waals surface area contributed by atoms with Crippen molar-refractivity contribution < 1.29 is 14.4 Å². The highest BCUT2D eigenvalue weighted by molar-refractivity contribution is 6.04. The Kier molecular flexibility index (Phi) is 5.61. The fourth-order valence-corrected chi connectivity index (χ4v) is 6.33. The van der Waals surface area contributed by atoms with Crippen LogP contribution in [-0.4, -0.2) is 49.2 Å². The lowest BCUT2D eigenvalue weighted by Crippen LogP contribution is -2.44. The molecule has 2 aromatic heterocycles. The first kappa shape index (κ1) is 22.2. The molecule has 5 rings (SSSR count). The molecule has 3 heterocycles. The lowest BCUT2D eigenvalue weighted by Gasteiger charge is -2.35. The zero-order chi connectivity index (χ0) is 23.3. The van der Waals surface area contributed by atoms with Crippen LogP contribution in [0.2, 0.25) is 0 Å². The maximum absolute atomic E-state index is 13.4. The molecule has 2 saturated carbocycles. The number of rotatable bonds is 7. The summed E-state index contributed by atoms with van der Waals surface area (Å²) in [5, 5.41) is 5.12. The van der Waals surface area contributed by atoms with Gasteiger partial charge in [0.15, 0.2) is 11.6 Å². The Hall–Kier alpha value is -2.57. The first-order valence-corrected chi connectivity index (χ1v) is 12.4. The molecule has 0 radical (unpaired) electrons. The molecule has 3 fully saturated rings. The second-order valence-electron chi connectivity index (χ2n) is 11.2. The minimum absolute atomic E-state index is 0.0271. The van der Waals surface area contributed by atoms with E-state index in [2.05, 4.69) is 23.9 Å². The molecule has 1 aliphatic heterocycles. The van der Waals surface area contributed by atoms with E-state index in [1.54, 1.807) is 23.1 Å². The number of aromatic nitrogens is 3. The summed E-state index contributed by atoms with van der Waals surface area (Å²) in [6.07, 6.45) is 11.5. The summed E-state index contributed by atoms with van der Waals surface area (Å²) in [4.78, 5) is 44.6. The van der Waals surface area contributed by atoms with Crippen LogP contribution in [0.25, 0.3) is 10.9 Å². The van der Waals surface area contributed by atoms with E-state index in [0.717, 1.165) is 19.3 Å². The van der Waals surface area contributed by atoms with Crippen LogP contribution in [0.4, 0.5) is 0 Å². The fraction of sp³-hybridized carbons (Fsp3) is 0.654. The Morgan fingerprint density at radius 2 is 2.03 bits per heavy atom. The van der Waals surface area contributed by atoms with Crippen molar-refractivity contribution in [1.82, 2.24) is 19.7 Å². The molecule has 0 bridgehead atoms.